The van der Waals surface area contributed by atoms with Crippen molar-refractivity contribution in [2.45, 2.75) is 24.5 Å². The highest BCUT2D eigenvalue weighted by molar-refractivity contribution is 9.10. The van der Waals surface area contributed by atoms with Gasteiger partial charge in [0.1, 0.15) is 24.1 Å². The summed E-state index contributed by atoms with van der Waals surface area (Å²) in [6.07, 6.45) is -3.63. The van der Waals surface area contributed by atoms with Crippen LogP contribution in [0.15, 0.2) is 39.9 Å². The summed E-state index contributed by atoms with van der Waals surface area (Å²) in [6, 6.07) is 6.89. The number of benzene rings is 1. The lowest BCUT2D eigenvalue weighted by Gasteiger charge is -2.16. The standard InChI is InChI=1S/C18H18BrN5O7/c19-8-1-3-9(4-2-8)30-6-11(26)21-18-22-15-12(16(29)23-18)20-7-24(15)17-14(28)13(27)10(5-25)31-17/h1-4,7,10,13-14,17,25,27-28H,5-6H2,(H2,21,22,23,26,29)/t10-,13+,14+,17+/m0/s1. The van der Waals surface area contributed by atoms with Crippen LogP contribution < -0.4 is 15.6 Å². The molecule has 1 aromatic carbocycles. The second-order valence-electron chi connectivity index (χ2n) is 6.76. The van der Waals surface area contributed by atoms with E-state index in [4.69, 9.17) is 9.47 Å². The number of carbonyl (C=O) groups excluding carboxylic acids is 1. The summed E-state index contributed by atoms with van der Waals surface area (Å²) in [6.45, 7) is -0.827. The van der Waals surface area contributed by atoms with Crippen molar-refractivity contribution in [3.63, 3.8) is 0 Å². The Morgan fingerprint density at radius 1 is 1.29 bits per heavy atom. The number of hydrogen-bond donors (Lipinski definition) is 5. The number of anilines is 1. The Labute approximate surface area is 182 Å². The first-order valence-electron chi connectivity index (χ1n) is 9.15. The molecule has 31 heavy (non-hydrogen) atoms. The number of aromatic amines is 1. The van der Waals surface area contributed by atoms with Crippen LogP contribution >= 0.6 is 15.9 Å². The number of aliphatic hydroxyl groups is 3. The third kappa shape index (κ3) is 4.31. The predicted molar refractivity (Wildman–Crippen MR) is 109 cm³/mol. The van der Waals surface area contributed by atoms with E-state index in [0.717, 1.165) is 4.47 Å². The van der Waals surface area contributed by atoms with E-state index in [9.17, 15) is 24.9 Å². The summed E-state index contributed by atoms with van der Waals surface area (Å²) < 4.78 is 13.0. The molecule has 1 aliphatic rings. The Morgan fingerprint density at radius 2 is 2.03 bits per heavy atom. The summed E-state index contributed by atoms with van der Waals surface area (Å²) in [7, 11) is 0. The fourth-order valence-corrected chi connectivity index (χ4v) is 3.39. The molecule has 0 radical (unpaired) electrons. The minimum absolute atomic E-state index is 0.0164. The zero-order chi connectivity index (χ0) is 22.1. The highest BCUT2D eigenvalue weighted by Crippen LogP contribution is 2.30. The highest BCUT2D eigenvalue weighted by atomic mass is 79.9. The number of imidazole rings is 1. The normalized spacial score (nSPS) is 23.2. The average molecular weight is 496 g/mol. The number of hydrogen-bond acceptors (Lipinski definition) is 9. The van der Waals surface area contributed by atoms with Crippen molar-refractivity contribution in [3.05, 3.63) is 45.4 Å². The molecule has 3 aromatic rings. The van der Waals surface area contributed by atoms with Gasteiger partial charge < -0.3 is 24.8 Å². The van der Waals surface area contributed by atoms with E-state index < -0.39 is 42.6 Å². The second-order valence-corrected chi connectivity index (χ2v) is 7.67. The van der Waals surface area contributed by atoms with E-state index in [-0.39, 0.29) is 23.7 Å². The topological polar surface area (TPSA) is 172 Å². The van der Waals surface area contributed by atoms with Gasteiger partial charge in [-0.25, -0.2) is 4.98 Å². The molecule has 0 spiro atoms. The molecule has 2 aromatic heterocycles. The molecule has 13 heteroatoms. The number of aliphatic hydroxyl groups excluding tert-OH is 3. The van der Waals surface area contributed by atoms with Gasteiger partial charge in [-0.05, 0) is 24.3 Å². The molecule has 0 unspecified atom stereocenters. The molecule has 164 valence electrons. The van der Waals surface area contributed by atoms with Crippen molar-refractivity contribution in [2.75, 3.05) is 18.5 Å². The first-order chi connectivity index (χ1) is 14.9. The van der Waals surface area contributed by atoms with Crippen LogP contribution in [0.5, 0.6) is 5.75 Å². The Kier molecular flexibility index (Phi) is 6.02. The molecule has 1 amide bonds. The number of nitrogens with zero attached hydrogens (tertiary/aromatic N) is 3. The van der Waals surface area contributed by atoms with Crippen LogP contribution in [0.4, 0.5) is 5.95 Å². The van der Waals surface area contributed by atoms with Gasteiger partial charge in [0.25, 0.3) is 11.5 Å². The first kappa shape index (κ1) is 21.4. The molecular formula is C18H18BrN5O7. The second kappa shape index (κ2) is 8.72. The highest BCUT2D eigenvalue weighted by Gasteiger charge is 2.44. The van der Waals surface area contributed by atoms with Crippen LogP contribution in [0.25, 0.3) is 11.2 Å². The third-order valence-corrected chi connectivity index (χ3v) is 5.19. The third-order valence-electron chi connectivity index (χ3n) is 4.67. The maximum atomic E-state index is 12.3. The lowest BCUT2D eigenvalue weighted by atomic mass is 10.1. The van der Waals surface area contributed by atoms with Gasteiger partial charge >= 0.3 is 0 Å². The Morgan fingerprint density at radius 3 is 2.71 bits per heavy atom. The molecule has 0 aliphatic carbocycles. The summed E-state index contributed by atoms with van der Waals surface area (Å²) in [5.41, 5.74) is -0.663. The average Bonchev–Trinajstić information content (AvgIpc) is 3.29. The van der Waals surface area contributed by atoms with Gasteiger partial charge in [-0.15, -0.1) is 0 Å². The molecule has 5 N–H and O–H groups in total. The number of nitrogens with one attached hydrogen (secondary N) is 2. The van der Waals surface area contributed by atoms with Crippen molar-refractivity contribution in [1.82, 2.24) is 19.5 Å². The largest absolute Gasteiger partial charge is 0.484 e. The van der Waals surface area contributed by atoms with Crippen molar-refractivity contribution in [2.24, 2.45) is 0 Å². The number of H-pyrrole nitrogens is 1. The fraction of sp³-hybridized carbons (Fsp3) is 0.333. The van der Waals surface area contributed by atoms with E-state index in [2.05, 4.69) is 36.2 Å². The van der Waals surface area contributed by atoms with E-state index in [0.29, 0.717) is 5.75 Å². The summed E-state index contributed by atoms with van der Waals surface area (Å²) in [5, 5.41) is 31.9. The van der Waals surface area contributed by atoms with Gasteiger partial charge in [0.2, 0.25) is 5.95 Å². The van der Waals surface area contributed by atoms with E-state index >= 15 is 0 Å². The molecule has 12 nitrogen and oxygen atoms in total. The molecule has 0 bridgehead atoms. The summed E-state index contributed by atoms with van der Waals surface area (Å²) in [5.74, 6) is -0.238. The van der Waals surface area contributed by atoms with E-state index in [1.165, 1.54) is 10.9 Å². The number of amides is 1. The fourth-order valence-electron chi connectivity index (χ4n) is 3.13. The van der Waals surface area contributed by atoms with Gasteiger partial charge in [0.05, 0.1) is 12.9 Å². The van der Waals surface area contributed by atoms with Crippen molar-refractivity contribution < 1.29 is 29.6 Å². The monoisotopic (exact) mass is 495 g/mol. The van der Waals surface area contributed by atoms with E-state index in [1.54, 1.807) is 24.3 Å². The molecule has 4 rings (SSSR count). The minimum atomic E-state index is -1.38. The van der Waals surface area contributed by atoms with E-state index in [1.807, 2.05) is 0 Å². The number of carbonyl (C=O) groups is 1. The van der Waals surface area contributed by atoms with Gasteiger partial charge in [0.15, 0.2) is 24.0 Å². The lowest BCUT2D eigenvalue weighted by Crippen LogP contribution is -2.33. The summed E-state index contributed by atoms with van der Waals surface area (Å²) in [4.78, 5) is 35.1. The molecule has 4 atom stereocenters. The van der Waals surface area contributed by atoms with Gasteiger partial charge in [0, 0.05) is 4.47 Å². The van der Waals surface area contributed by atoms with Gasteiger partial charge in [-0.2, -0.15) is 4.98 Å². The lowest BCUT2D eigenvalue weighted by molar-refractivity contribution is -0.118. The van der Waals surface area contributed by atoms with Gasteiger partial charge in [-0.1, -0.05) is 15.9 Å². The molecular weight excluding hydrogens is 478 g/mol. The zero-order valence-corrected chi connectivity index (χ0v) is 17.4. The van der Waals surface area contributed by atoms with Crippen LogP contribution in [0.2, 0.25) is 0 Å². The van der Waals surface area contributed by atoms with Crippen LogP contribution in [0.3, 0.4) is 0 Å². The van der Waals surface area contributed by atoms with Crippen molar-refractivity contribution in [3.8, 4) is 5.75 Å². The number of aromatic nitrogens is 4. The molecule has 1 fully saturated rings. The number of halogens is 1. The number of ether oxygens (including phenoxy) is 2. The number of rotatable bonds is 6. The van der Waals surface area contributed by atoms with Gasteiger partial charge in [-0.3, -0.25) is 24.5 Å². The molecule has 3 heterocycles. The first-order valence-corrected chi connectivity index (χ1v) is 9.94. The Hall–Kier alpha value is -2.84. The SMILES string of the molecule is O=C(COc1ccc(Br)cc1)Nc1nc2c(ncn2[C@@H]2O[C@@H](CO)[C@@H](O)[C@H]2O)c(=O)[nH]1. The van der Waals surface area contributed by atoms with Crippen LogP contribution in [-0.4, -0.2) is 72.3 Å². The summed E-state index contributed by atoms with van der Waals surface area (Å²) >= 11 is 3.30. The zero-order valence-electron chi connectivity index (χ0n) is 15.8. The molecule has 1 aliphatic heterocycles. The van der Waals surface area contributed by atoms with Crippen molar-refractivity contribution >= 4 is 38.9 Å². The Bertz CT molecular complexity index is 1150. The van der Waals surface area contributed by atoms with Crippen molar-refractivity contribution in [1.29, 1.82) is 0 Å². The smallest absolute Gasteiger partial charge is 0.280 e. The minimum Gasteiger partial charge on any atom is -0.484 e. The molecule has 1 saturated heterocycles. The van der Waals surface area contributed by atoms with Crippen LogP contribution in [0.1, 0.15) is 6.23 Å². The van der Waals surface area contributed by atoms with Crippen LogP contribution in [-0.2, 0) is 9.53 Å². The maximum absolute atomic E-state index is 12.3. The predicted octanol–water partition coefficient (Wildman–Crippen LogP) is -0.489. The maximum Gasteiger partial charge on any atom is 0.280 e. The number of fused-ring (bicyclic) bond motifs is 1. The Balaban J connectivity index is 1.53. The van der Waals surface area contributed by atoms with Crippen LogP contribution in [0, 0.1) is 0 Å². The quantitative estimate of drug-likeness (QED) is 0.302. The molecule has 0 saturated carbocycles.